The molecule has 1 unspecified atom stereocenters. The van der Waals surface area contributed by atoms with Crippen LogP contribution in [0.1, 0.15) is 11.0 Å². The predicted molar refractivity (Wildman–Crippen MR) is 96.7 cm³/mol. The molecule has 2 aromatic heterocycles. The second kappa shape index (κ2) is 10.3. The molecule has 2 amide bonds. The minimum atomic E-state index is -4.80. The fourth-order valence-electron chi connectivity index (χ4n) is 1.99. The average molecular weight is 512 g/mol. The number of carbonyl (C=O) groups excluding carboxylic acids is 1. The van der Waals surface area contributed by atoms with Gasteiger partial charge in [-0.2, -0.15) is 36.3 Å². The van der Waals surface area contributed by atoms with Crippen LogP contribution in [0.5, 0.6) is 11.8 Å². The predicted octanol–water partition coefficient (Wildman–Crippen LogP) is 5.36. The molecule has 0 saturated carbocycles. The van der Waals surface area contributed by atoms with Gasteiger partial charge in [0, 0.05) is 11.9 Å². The normalized spacial score (nSPS) is 13.1. The molecule has 0 aromatic carbocycles. The van der Waals surface area contributed by atoms with Crippen molar-refractivity contribution in [2.24, 2.45) is 0 Å². The first kappa shape index (κ1) is 26.3. The maximum Gasteiger partial charge on any atom is 0.422 e. The highest BCUT2D eigenvalue weighted by molar-refractivity contribution is 7.16. The third kappa shape index (κ3) is 8.47. The van der Waals surface area contributed by atoms with Gasteiger partial charge in [0.1, 0.15) is 0 Å². The van der Waals surface area contributed by atoms with Gasteiger partial charge >= 0.3 is 18.4 Å². The largest absolute Gasteiger partial charge is 0.468 e. The Morgan fingerprint density at radius 3 is 2.00 bits per heavy atom. The summed E-state index contributed by atoms with van der Waals surface area (Å²) in [7, 11) is 1.13. The molecule has 1 atom stereocenters. The Kier molecular flexibility index (Phi) is 8.20. The Morgan fingerprint density at radius 2 is 1.55 bits per heavy atom. The number of hydrogen-bond acceptors (Lipinski definition) is 6. The molecule has 0 aliphatic heterocycles. The van der Waals surface area contributed by atoms with Crippen LogP contribution in [-0.4, -0.2) is 55.0 Å². The van der Waals surface area contributed by atoms with Crippen LogP contribution in [-0.2, 0) is 0 Å². The number of amides is 2. The number of aromatic nitrogens is 2. The van der Waals surface area contributed by atoms with Crippen molar-refractivity contribution in [3.05, 3.63) is 23.1 Å². The molecule has 0 aliphatic rings. The number of ether oxygens (including phenoxy) is 2. The molecule has 0 aliphatic carbocycles. The standard InChI is InChI=1S/C16H13F9N4O3S/c1-29(10-3-2-7(33-10)11(17)12(18)19)14(30)28-13-26-8(31-5-15(20,21)22)4-9(27-13)32-6-16(23,24)25/h2-4,11-12H,5-6H2,1H3,(H,26,27,28,30). The van der Waals surface area contributed by atoms with Crippen molar-refractivity contribution in [1.82, 2.24) is 9.97 Å². The Labute approximate surface area is 183 Å². The van der Waals surface area contributed by atoms with Crippen LogP contribution in [0.25, 0.3) is 0 Å². The number of halogens is 9. The molecule has 184 valence electrons. The van der Waals surface area contributed by atoms with Crippen LogP contribution >= 0.6 is 11.3 Å². The first-order valence-electron chi connectivity index (χ1n) is 8.49. The van der Waals surface area contributed by atoms with Gasteiger partial charge in [0.05, 0.1) is 11.1 Å². The molecule has 2 rings (SSSR count). The SMILES string of the molecule is CN(C(=O)Nc1nc(OCC(F)(F)F)cc(OCC(F)(F)F)n1)c1ccc(C(F)C(F)F)s1. The van der Waals surface area contributed by atoms with E-state index in [0.29, 0.717) is 17.4 Å². The van der Waals surface area contributed by atoms with Crippen LogP contribution in [0.4, 0.5) is 55.3 Å². The Hall–Kier alpha value is -2.98. The molecule has 7 nitrogen and oxygen atoms in total. The molecule has 2 aromatic rings. The number of alkyl halides is 9. The van der Waals surface area contributed by atoms with Gasteiger partial charge in [0.25, 0.3) is 6.43 Å². The van der Waals surface area contributed by atoms with Crippen LogP contribution in [0.3, 0.4) is 0 Å². The van der Waals surface area contributed by atoms with Crippen LogP contribution in [0.2, 0.25) is 0 Å². The van der Waals surface area contributed by atoms with Gasteiger partial charge in [-0.15, -0.1) is 11.3 Å². The fraction of sp³-hybridized carbons (Fsp3) is 0.438. The third-order valence-corrected chi connectivity index (χ3v) is 4.62. The number of nitrogens with one attached hydrogen (secondary N) is 1. The summed E-state index contributed by atoms with van der Waals surface area (Å²) in [5, 5.41) is 1.97. The lowest BCUT2D eigenvalue weighted by Crippen LogP contribution is -2.31. The smallest absolute Gasteiger partial charge is 0.422 e. The van der Waals surface area contributed by atoms with Crippen molar-refractivity contribution in [1.29, 1.82) is 0 Å². The van der Waals surface area contributed by atoms with E-state index in [1.807, 2.05) is 5.32 Å². The van der Waals surface area contributed by atoms with Crippen molar-refractivity contribution < 1.29 is 53.8 Å². The van der Waals surface area contributed by atoms with Gasteiger partial charge in [0.15, 0.2) is 19.4 Å². The van der Waals surface area contributed by atoms with E-state index >= 15 is 0 Å². The van der Waals surface area contributed by atoms with E-state index in [1.165, 1.54) is 0 Å². The zero-order chi connectivity index (χ0) is 25.0. The fourth-order valence-corrected chi connectivity index (χ4v) is 2.94. The van der Waals surface area contributed by atoms with Gasteiger partial charge < -0.3 is 9.47 Å². The van der Waals surface area contributed by atoms with E-state index < -0.39 is 61.9 Å². The van der Waals surface area contributed by atoms with Crippen molar-refractivity contribution in [3.8, 4) is 11.8 Å². The number of urea groups is 1. The number of nitrogens with zero attached hydrogens (tertiary/aromatic N) is 3. The van der Waals surface area contributed by atoms with Crippen molar-refractivity contribution >= 4 is 28.3 Å². The Balaban J connectivity index is 2.20. The van der Waals surface area contributed by atoms with Crippen LogP contribution < -0.4 is 19.7 Å². The highest BCUT2D eigenvalue weighted by Gasteiger charge is 2.31. The lowest BCUT2D eigenvalue weighted by atomic mass is 10.3. The molecule has 17 heteroatoms. The molecule has 0 radical (unpaired) electrons. The van der Waals surface area contributed by atoms with Gasteiger partial charge in [-0.05, 0) is 12.1 Å². The molecule has 0 bridgehead atoms. The molecule has 1 N–H and O–H groups in total. The van der Waals surface area contributed by atoms with E-state index in [0.717, 1.165) is 24.1 Å². The molecule has 0 saturated heterocycles. The molecular weight excluding hydrogens is 499 g/mol. The topological polar surface area (TPSA) is 76.6 Å². The van der Waals surface area contributed by atoms with E-state index in [4.69, 9.17) is 0 Å². The maximum atomic E-state index is 13.4. The third-order valence-electron chi connectivity index (χ3n) is 3.41. The lowest BCUT2D eigenvalue weighted by molar-refractivity contribution is -0.154. The first-order valence-corrected chi connectivity index (χ1v) is 9.31. The lowest BCUT2D eigenvalue weighted by Gasteiger charge is -2.16. The van der Waals surface area contributed by atoms with Crippen molar-refractivity contribution in [2.75, 3.05) is 30.5 Å². The van der Waals surface area contributed by atoms with Gasteiger partial charge in [0.2, 0.25) is 17.7 Å². The van der Waals surface area contributed by atoms with E-state index in [1.54, 1.807) is 0 Å². The van der Waals surface area contributed by atoms with E-state index in [-0.39, 0.29) is 9.88 Å². The van der Waals surface area contributed by atoms with Crippen LogP contribution in [0, 0.1) is 0 Å². The van der Waals surface area contributed by atoms with Crippen molar-refractivity contribution in [3.63, 3.8) is 0 Å². The van der Waals surface area contributed by atoms with Gasteiger partial charge in [-0.1, -0.05) is 0 Å². The maximum absolute atomic E-state index is 13.4. The summed E-state index contributed by atoms with van der Waals surface area (Å²) in [6.45, 7) is -3.69. The number of hydrogen-bond donors (Lipinski definition) is 1. The molecule has 2 heterocycles. The van der Waals surface area contributed by atoms with Crippen molar-refractivity contribution in [2.45, 2.75) is 24.9 Å². The summed E-state index contributed by atoms with van der Waals surface area (Å²) < 4.78 is 121. The quantitative estimate of drug-likeness (QED) is 0.482. The zero-order valence-corrected chi connectivity index (χ0v) is 17.0. The summed E-state index contributed by atoms with van der Waals surface area (Å²) in [6, 6.07) is 1.64. The first-order chi connectivity index (χ1) is 15.1. The zero-order valence-electron chi connectivity index (χ0n) is 16.2. The number of thiophene rings is 1. The van der Waals surface area contributed by atoms with Gasteiger partial charge in [-0.3, -0.25) is 10.2 Å². The molecule has 33 heavy (non-hydrogen) atoms. The average Bonchev–Trinajstić information content (AvgIpc) is 3.18. The molecular formula is C16H13F9N4O3S. The highest BCUT2D eigenvalue weighted by Crippen LogP contribution is 2.35. The molecule has 0 spiro atoms. The molecule has 0 fully saturated rings. The minimum absolute atomic E-state index is 0.0104. The van der Waals surface area contributed by atoms with Gasteiger partial charge in [-0.25, -0.2) is 18.0 Å². The number of carbonyl (C=O) groups is 1. The Morgan fingerprint density at radius 1 is 1.03 bits per heavy atom. The summed E-state index contributed by atoms with van der Waals surface area (Å²) in [5.41, 5.74) is 0. The van der Waals surface area contributed by atoms with E-state index in [2.05, 4.69) is 19.4 Å². The van der Waals surface area contributed by atoms with E-state index in [9.17, 15) is 44.3 Å². The highest BCUT2D eigenvalue weighted by atomic mass is 32.1. The summed E-state index contributed by atoms with van der Waals surface area (Å²) >= 11 is 0.514. The monoisotopic (exact) mass is 512 g/mol. The summed E-state index contributed by atoms with van der Waals surface area (Å²) in [6.07, 6.45) is -15.5. The Bertz CT molecular complexity index is 916. The summed E-state index contributed by atoms with van der Waals surface area (Å²) in [4.78, 5) is 19.7. The summed E-state index contributed by atoms with van der Waals surface area (Å²) in [5.74, 6) is -2.49. The number of anilines is 2. The van der Waals surface area contributed by atoms with Crippen LogP contribution in [0.15, 0.2) is 18.2 Å². The second-order valence-corrected chi connectivity index (χ2v) is 7.17. The minimum Gasteiger partial charge on any atom is -0.468 e. The number of rotatable bonds is 8. The second-order valence-electron chi connectivity index (χ2n) is 6.08.